The van der Waals surface area contributed by atoms with Crippen molar-refractivity contribution < 1.29 is 9.53 Å². The topological polar surface area (TPSA) is 29.5 Å². The molecule has 0 spiro atoms. The highest BCUT2D eigenvalue weighted by atomic mass is 16.5. The fraction of sp³-hybridized carbons (Fsp3) is 0.562. The molecule has 1 atom stereocenters. The average molecular weight is 263 g/mol. The third kappa shape index (κ3) is 5.13. The van der Waals surface area contributed by atoms with Crippen LogP contribution in [-0.4, -0.2) is 43.5 Å². The number of methoxy groups -OCH3 is 1. The first-order chi connectivity index (χ1) is 9.08. The van der Waals surface area contributed by atoms with Gasteiger partial charge in [0.05, 0.1) is 13.2 Å². The monoisotopic (exact) mass is 263 g/mol. The second kappa shape index (κ2) is 8.08. The van der Waals surface area contributed by atoms with Gasteiger partial charge in [-0.05, 0) is 20.3 Å². The van der Waals surface area contributed by atoms with E-state index < -0.39 is 0 Å². The standard InChI is InChI=1S/C16H25NO2/c1-5-14(3)17(10-11-19-4)12-16(18)15-8-6-13(2)7-9-15/h6-9,14H,5,10-12H2,1-4H3. The van der Waals surface area contributed by atoms with Gasteiger partial charge in [-0.2, -0.15) is 0 Å². The van der Waals surface area contributed by atoms with Crippen molar-refractivity contribution >= 4 is 5.78 Å². The Hall–Kier alpha value is -1.19. The third-order valence-electron chi connectivity index (χ3n) is 3.52. The van der Waals surface area contributed by atoms with Gasteiger partial charge in [-0.1, -0.05) is 36.8 Å². The van der Waals surface area contributed by atoms with Gasteiger partial charge in [0, 0.05) is 25.3 Å². The van der Waals surface area contributed by atoms with Crippen molar-refractivity contribution in [3.8, 4) is 0 Å². The Morgan fingerprint density at radius 1 is 1.32 bits per heavy atom. The Bertz CT molecular complexity index is 386. The lowest BCUT2D eigenvalue weighted by Crippen LogP contribution is -2.39. The maximum absolute atomic E-state index is 12.3. The van der Waals surface area contributed by atoms with Gasteiger partial charge in [0.15, 0.2) is 5.78 Å². The zero-order valence-corrected chi connectivity index (χ0v) is 12.5. The van der Waals surface area contributed by atoms with Crippen LogP contribution in [0.4, 0.5) is 0 Å². The number of Topliss-reactive ketones (excluding diaryl/α,β-unsaturated/α-hetero) is 1. The molecule has 0 radical (unpaired) electrons. The van der Waals surface area contributed by atoms with Crippen LogP contribution in [0.1, 0.15) is 36.2 Å². The summed E-state index contributed by atoms with van der Waals surface area (Å²) in [5.41, 5.74) is 1.96. The SMILES string of the molecule is CCC(C)N(CCOC)CC(=O)c1ccc(C)cc1. The molecule has 106 valence electrons. The highest BCUT2D eigenvalue weighted by Crippen LogP contribution is 2.08. The van der Waals surface area contributed by atoms with Gasteiger partial charge in [-0.3, -0.25) is 9.69 Å². The summed E-state index contributed by atoms with van der Waals surface area (Å²) in [6, 6.07) is 8.17. The van der Waals surface area contributed by atoms with Crippen molar-refractivity contribution in [2.75, 3.05) is 26.8 Å². The van der Waals surface area contributed by atoms with Crippen LogP contribution in [0.3, 0.4) is 0 Å². The molecule has 1 rings (SSSR count). The lowest BCUT2D eigenvalue weighted by atomic mass is 10.1. The Balaban J connectivity index is 2.66. The van der Waals surface area contributed by atoms with E-state index in [1.165, 1.54) is 5.56 Å². The largest absolute Gasteiger partial charge is 0.383 e. The van der Waals surface area contributed by atoms with Crippen molar-refractivity contribution in [1.29, 1.82) is 0 Å². The van der Waals surface area contributed by atoms with Crippen LogP contribution < -0.4 is 0 Å². The number of hydrogen-bond acceptors (Lipinski definition) is 3. The van der Waals surface area contributed by atoms with E-state index in [4.69, 9.17) is 4.74 Å². The number of carbonyl (C=O) groups is 1. The van der Waals surface area contributed by atoms with Gasteiger partial charge in [0.1, 0.15) is 0 Å². The van der Waals surface area contributed by atoms with Crippen LogP contribution in [-0.2, 0) is 4.74 Å². The van der Waals surface area contributed by atoms with E-state index in [0.29, 0.717) is 19.2 Å². The molecule has 3 heteroatoms. The number of ether oxygens (including phenoxy) is 1. The van der Waals surface area contributed by atoms with Crippen LogP contribution in [0.25, 0.3) is 0 Å². The van der Waals surface area contributed by atoms with Crippen LogP contribution in [0.2, 0.25) is 0 Å². The Morgan fingerprint density at radius 3 is 2.47 bits per heavy atom. The molecule has 1 aromatic rings. The first kappa shape index (κ1) is 15.9. The summed E-state index contributed by atoms with van der Waals surface area (Å²) in [4.78, 5) is 14.5. The first-order valence-corrected chi connectivity index (χ1v) is 6.91. The predicted octanol–water partition coefficient (Wildman–Crippen LogP) is 2.92. The molecule has 1 aromatic carbocycles. The van der Waals surface area contributed by atoms with E-state index in [2.05, 4.69) is 18.7 Å². The highest BCUT2D eigenvalue weighted by molar-refractivity contribution is 5.97. The molecule has 0 amide bonds. The van der Waals surface area contributed by atoms with Crippen LogP contribution in [0.15, 0.2) is 24.3 Å². The van der Waals surface area contributed by atoms with E-state index in [1.807, 2.05) is 31.2 Å². The molecular weight excluding hydrogens is 238 g/mol. The van der Waals surface area contributed by atoms with Gasteiger partial charge in [-0.25, -0.2) is 0 Å². The highest BCUT2D eigenvalue weighted by Gasteiger charge is 2.16. The minimum absolute atomic E-state index is 0.177. The summed E-state index contributed by atoms with van der Waals surface area (Å²) in [6.07, 6.45) is 1.03. The molecule has 3 nitrogen and oxygen atoms in total. The van der Waals surface area contributed by atoms with Crippen LogP contribution >= 0.6 is 0 Å². The summed E-state index contributed by atoms with van der Waals surface area (Å²) in [6.45, 7) is 8.23. The van der Waals surface area contributed by atoms with Gasteiger partial charge in [-0.15, -0.1) is 0 Å². The van der Waals surface area contributed by atoms with E-state index in [-0.39, 0.29) is 5.78 Å². The maximum atomic E-state index is 12.3. The van der Waals surface area contributed by atoms with Gasteiger partial charge < -0.3 is 4.74 Å². The minimum Gasteiger partial charge on any atom is -0.383 e. The maximum Gasteiger partial charge on any atom is 0.176 e. The molecule has 0 saturated carbocycles. The average Bonchev–Trinajstić information content (AvgIpc) is 2.43. The molecule has 0 N–H and O–H groups in total. The van der Waals surface area contributed by atoms with E-state index in [1.54, 1.807) is 7.11 Å². The van der Waals surface area contributed by atoms with E-state index in [9.17, 15) is 4.79 Å². The lowest BCUT2D eigenvalue weighted by Gasteiger charge is -2.27. The first-order valence-electron chi connectivity index (χ1n) is 6.91. The molecule has 0 fully saturated rings. The quantitative estimate of drug-likeness (QED) is 0.675. The van der Waals surface area contributed by atoms with Gasteiger partial charge in [0.2, 0.25) is 0 Å². The van der Waals surface area contributed by atoms with Gasteiger partial charge >= 0.3 is 0 Å². The number of benzene rings is 1. The van der Waals surface area contributed by atoms with Crippen LogP contribution in [0.5, 0.6) is 0 Å². The Kier molecular flexibility index (Phi) is 6.74. The molecule has 1 unspecified atom stereocenters. The summed E-state index contributed by atoms with van der Waals surface area (Å²) in [7, 11) is 1.69. The summed E-state index contributed by atoms with van der Waals surface area (Å²) >= 11 is 0. The predicted molar refractivity (Wildman–Crippen MR) is 78.7 cm³/mol. The summed E-state index contributed by atoms with van der Waals surface area (Å²) in [5, 5.41) is 0. The van der Waals surface area contributed by atoms with E-state index in [0.717, 1.165) is 18.5 Å². The number of aryl methyl sites for hydroxylation is 1. The molecular formula is C16H25NO2. The zero-order chi connectivity index (χ0) is 14.3. The molecule has 19 heavy (non-hydrogen) atoms. The lowest BCUT2D eigenvalue weighted by molar-refractivity contribution is 0.0834. The normalized spacial score (nSPS) is 12.7. The fourth-order valence-corrected chi connectivity index (χ4v) is 1.94. The summed E-state index contributed by atoms with van der Waals surface area (Å²) < 4.78 is 5.12. The van der Waals surface area contributed by atoms with Crippen LogP contribution in [0, 0.1) is 6.92 Å². The van der Waals surface area contributed by atoms with Gasteiger partial charge in [0.25, 0.3) is 0 Å². The Labute approximate surface area is 116 Å². The number of nitrogens with zero attached hydrogens (tertiary/aromatic N) is 1. The van der Waals surface area contributed by atoms with Crippen molar-refractivity contribution in [3.05, 3.63) is 35.4 Å². The number of hydrogen-bond donors (Lipinski definition) is 0. The molecule has 0 aromatic heterocycles. The molecule has 0 heterocycles. The number of rotatable bonds is 8. The number of ketones is 1. The second-order valence-corrected chi connectivity index (χ2v) is 5.01. The molecule has 0 aliphatic carbocycles. The van der Waals surface area contributed by atoms with Crippen molar-refractivity contribution in [2.45, 2.75) is 33.2 Å². The van der Waals surface area contributed by atoms with E-state index >= 15 is 0 Å². The third-order valence-corrected chi connectivity index (χ3v) is 3.52. The van der Waals surface area contributed by atoms with Crippen molar-refractivity contribution in [2.24, 2.45) is 0 Å². The fourth-order valence-electron chi connectivity index (χ4n) is 1.94. The molecule has 0 aliphatic heterocycles. The summed E-state index contributed by atoms with van der Waals surface area (Å²) in [5.74, 6) is 0.177. The molecule has 0 bridgehead atoms. The van der Waals surface area contributed by atoms with Crippen molar-refractivity contribution in [3.63, 3.8) is 0 Å². The van der Waals surface area contributed by atoms with Crippen molar-refractivity contribution in [1.82, 2.24) is 4.90 Å². The zero-order valence-electron chi connectivity index (χ0n) is 12.5. The number of carbonyl (C=O) groups excluding carboxylic acids is 1. The second-order valence-electron chi connectivity index (χ2n) is 5.01. The smallest absolute Gasteiger partial charge is 0.176 e. The molecule has 0 aliphatic rings. The minimum atomic E-state index is 0.177. The Morgan fingerprint density at radius 2 is 1.95 bits per heavy atom. The molecule has 0 saturated heterocycles.